The van der Waals surface area contributed by atoms with Crippen LogP contribution in [0.25, 0.3) is 0 Å². The summed E-state index contributed by atoms with van der Waals surface area (Å²) in [5.41, 5.74) is 0.239. The maximum atomic E-state index is 11.8. The second-order valence-corrected chi connectivity index (χ2v) is 6.16. The summed E-state index contributed by atoms with van der Waals surface area (Å²) in [5.74, 6) is 0.144. The van der Waals surface area contributed by atoms with E-state index in [1.165, 1.54) is 25.7 Å². The predicted molar refractivity (Wildman–Crippen MR) is 71.4 cm³/mol. The fourth-order valence-electron chi connectivity index (χ4n) is 2.73. The molecule has 104 valence electrons. The highest BCUT2D eigenvalue weighted by Crippen LogP contribution is 2.24. The molecule has 1 aliphatic heterocycles. The van der Waals surface area contributed by atoms with Gasteiger partial charge in [0.25, 0.3) is 0 Å². The smallest absolute Gasteiger partial charge is 0.234 e. The number of rotatable bonds is 5. The Hall–Kier alpha value is -0.610. The molecule has 4 nitrogen and oxygen atoms in total. The average Bonchev–Trinajstić information content (AvgIpc) is 2.55. The van der Waals surface area contributed by atoms with Gasteiger partial charge in [0.2, 0.25) is 5.91 Å². The summed E-state index contributed by atoms with van der Waals surface area (Å²) in [6.07, 6.45) is 7.46. The predicted octanol–water partition coefficient (Wildman–Crippen LogP) is 1.45. The van der Waals surface area contributed by atoms with E-state index < -0.39 is 0 Å². The van der Waals surface area contributed by atoms with Gasteiger partial charge < -0.3 is 15.4 Å². The Kier molecular flexibility index (Phi) is 5.01. The van der Waals surface area contributed by atoms with Gasteiger partial charge in [-0.1, -0.05) is 32.6 Å². The lowest BCUT2D eigenvalue weighted by molar-refractivity contribution is -0.122. The lowest BCUT2D eigenvalue weighted by atomic mass is 9.89. The van der Waals surface area contributed by atoms with Crippen LogP contribution >= 0.6 is 0 Å². The Bertz CT molecular complexity index is 269. The standard InChI is InChI=1S/C14H26N2O2/c1-14(10-18-11-14)9-15-8-13(17)16-12-6-4-2-3-5-7-12/h12,15H,2-11H2,1H3,(H,16,17). The molecule has 0 spiro atoms. The number of hydrogen-bond donors (Lipinski definition) is 2. The van der Waals surface area contributed by atoms with Crippen LogP contribution in [-0.4, -0.2) is 38.3 Å². The van der Waals surface area contributed by atoms with Crippen molar-refractivity contribution >= 4 is 5.91 Å². The second kappa shape index (κ2) is 6.53. The Morgan fingerprint density at radius 3 is 2.44 bits per heavy atom. The van der Waals surface area contributed by atoms with Crippen LogP contribution < -0.4 is 10.6 Å². The van der Waals surface area contributed by atoms with Gasteiger partial charge in [0.1, 0.15) is 0 Å². The highest BCUT2D eigenvalue weighted by Gasteiger charge is 2.32. The molecule has 1 saturated carbocycles. The maximum Gasteiger partial charge on any atom is 0.234 e. The van der Waals surface area contributed by atoms with Gasteiger partial charge in [0.15, 0.2) is 0 Å². The van der Waals surface area contributed by atoms with Crippen molar-refractivity contribution in [3.63, 3.8) is 0 Å². The third kappa shape index (κ3) is 4.25. The molecular weight excluding hydrogens is 228 g/mol. The van der Waals surface area contributed by atoms with Gasteiger partial charge in [-0.25, -0.2) is 0 Å². The zero-order chi connectivity index (χ0) is 12.8. The van der Waals surface area contributed by atoms with Crippen LogP contribution in [0.1, 0.15) is 45.4 Å². The van der Waals surface area contributed by atoms with Crippen molar-refractivity contribution in [3.05, 3.63) is 0 Å². The minimum absolute atomic E-state index is 0.144. The quantitative estimate of drug-likeness (QED) is 0.730. The van der Waals surface area contributed by atoms with E-state index in [4.69, 9.17) is 4.74 Å². The number of carbonyl (C=O) groups excluding carboxylic acids is 1. The summed E-state index contributed by atoms with van der Waals surface area (Å²) < 4.78 is 5.19. The summed E-state index contributed by atoms with van der Waals surface area (Å²) in [4.78, 5) is 11.8. The van der Waals surface area contributed by atoms with Gasteiger partial charge in [0, 0.05) is 18.0 Å². The molecule has 2 N–H and O–H groups in total. The van der Waals surface area contributed by atoms with E-state index in [2.05, 4.69) is 17.6 Å². The monoisotopic (exact) mass is 254 g/mol. The van der Waals surface area contributed by atoms with Crippen molar-refractivity contribution in [3.8, 4) is 0 Å². The molecule has 0 bridgehead atoms. The summed E-state index contributed by atoms with van der Waals surface area (Å²) >= 11 is 0. The highest BCUT2D eigenvalue weighted by molar-refractivity contribution is 5.78. The van der Waals surface area contributed by atoms with Crippen molar-refractivity contribution in [2.75, 3.05) is 26.3 Å². The third-order valence-electron chi connectivity index (χ3n) is 3.96. The van der Waals surface area contributed by atoms with Gasteiger partial charge in [-0.2, -0.15) is 0 Å². The number of amides is 1. The molecule has 1 aliphatic carbocycles. The van der Waals surface area contributed by atoms with Crippen molar-refractivity contribution in [1.82, 2.24) is 10.6 Å². The lowest BCUT2D eigenvalue weighted by Gasteiger charge is -2.38. The number of carbonyl (C=O) groups is 1. The number of hydrogen-bond acceptors (Lipinski definition) is 3. The maximum absolute atomic E-state index is 11.8. The normalized spacial score (nSPS) is 24.1. The highest BCUT2D eigenvalue weighted by atomic mass is 16.5. The van der Waals surface area contributed by atoms with Crippen LogP contribution in [0.3, 0.4) is 0 Å². The molecule has 0 aromatic rings. The summed E-state index contributed by atoms with van der Waals surface area (Å²) in [5, 5.41) is 6.39. The van der Waals surface area contributed by atoms with Crippen LogP contribution in [0, 0.1) is 5.41 Å². The number of ether oxygens (including phenoxy) is 1. The van der Waals surface area contributed by atoms with E-state index in [9.17, 15) is 4.79 Å². The third-order valence-corrected chi connectivity index (χ3v) is 3.96. The van der Waals surface area contributed by atoms with Gasteiger partial charge in [-0.3, -0.25) is 4.79 Å². The van der Waals surface area contributed by atoms with Gasteiger partial charge in [-0.05, 0) is 12.8 Å². The molecule has 2 fully saturated rings. The van der Waals surface area contributed by atoms with Crippen LogP contribution in [0.5, 0.6) is 0 Å². The van der Waals surface area contributed by atoms with Gasteiger partial charge in [-0.15, -0.1) is 0 Å². The molecule has 1 amide bonds. The van der Waals surface area contributed by atoms with Crippen LogP contribution in [0.15, 0.2) is 0 Å². The van der Waals surface area contributed by atoms with Gasteiger partial charge in [0.05, 0.1) is 19.8 Å². The molecule has 0 radical (unpaired) electrons. The molecule has 0 atom stereocenters. The molecule has 0 aromatic carbocycles. The van der Waals surface area contributed by atoms with E-state index in [1.807, 2.05) is 0 Å². The first kappa shape index (κ1) is 13.8. The fraction of sp³-hybridized carbons (Fsp3) is 0.929. The molecule has 1 saturated heterocycles. The van der Waals surface area contributed by atoms with Crippen molar-refractivity contribution in [2.24, 2.45) is 5.41 Å². The first-order valence-corrected chi connectivity index (χ1v) is 7.26. The zero-order valence-corrected chi connectivity index (χ0v) is 11.5. The van der Waals surface area contributed by atoms with E-state index in [0.29, 0.717) is 12.6 Å². The second-order valence-electron chi connectivity index (χ2n) is 6.16. The summed E-state index contributed by atoms with van der Waals surface area (Å²) in [6.45, 7) is 5.11. The van der Waals surface area contributed by atoms with Crippen molar-refractivity contribution < 1.29 is 9.53 Å². The van der Waals surface area contributed by atoms with E-state index in [1.54, 1.807) is 0 Å². The number of nitrogens with one attached hydrogen (secondary N) is 2. The molecular formula is C14H26N2O2. The molecule has 0 aromatic heterocycles. The minimum atomic E-state index is 0.144. The largest absolute Gasteiger partial charge is 0.380 e. The molecule has 1 heterocycles. The minimum Gasteiger partial charge on any atom is -0.380 e. The molecule has 0 unspecified atom stereocenters. The van der Waals surface area contributed by atoms with Gasteiger partial charge >= 0.3 is 0 Å². The van der Waals surface area contributed by atoms with E-state index in [-0.39, 0.29) is 11.3 Å². The first-order valence-electron chi connectivity index (χ1n) is 7.26. The molecule has 18 heavy (non-hydrogen) atoms. The van der Waals surface area contributed by atoms with Crippen LogP contribution in [0.4, 0.5) is 0 Å². The summed E-state index contributed by atoms with van der Waals surface area (Å²) in [7, 11) is 0. The summed E-state index contributed by atoms with van der Waals surface area (Å²) in [6, 6.07) is 0.407. The van der Waals surface area contributed by atoms with E-state index >= 15 is 0 Å². The lowest BCUT2D eigenvalue weighted by Crippen LogP contribution is -2.49. The van der Waals surface area contributed by atoms with E-state index in [0.717, 1.165) is 32.6 Å². The topological polar surface area (TPSA) is 50.4 Å². The molecule has 4 heteroatoms. The Balaban J connectivity index is 1.59. The molecule has 2 aliphatic rings. The van der Waals surface area contributed by atoms with Crippen molar-refractivity contribution in [1.29, 1.82) is 0 Å². The zero-order valence-electron chi connectivity index (χ0n) is 11.5. The Morgan fingerprint density at radius 2 is 1.89 bits per heavy atom. The fourth-order valence-corrected chi connectivity index (χ4v) is 2.73. The van der Waals surface area contributed by atoms with Crippen molar-refractivity contribution in [2.45, 2.75) is 51.5 Å². The Labute approximate surface area is 110 Å². The van der Waals surface area contributed by atoms with Crippen LogP contribution in [0.2, 0.25) is 0 Å². The average molecular weight is 254 g/mol. The SMILES string of the molecule is CC1(CNCC(=O)NC2CCCCCC2)COC1. The molecule has 2 rings (SSSR count). The Morgan fingerprint density at radius 1 is 1.22 bits per heavy atom. The van der Waals surface area contributed by atoms with Crippen LogP contribution in [-0.2, 0) is 9.53 Å². The first-order chi connectivity index (χ1) is 8.68.